The highest BCUT2D eigenvalue weighted by Crippen LogP contribution is 2.27. The quantitative estimate of drug-likeness (QED) is 0.622. The molecular weight excluding hydrogens is 378 g/mol. The maximum absolute atomic E-state index is 12.8. The lowest BCUT2D eigenvalue weighted by atomic mass is 9.96. The van der Waals surface area contributed by atoms with E-state index in [0.717, 1.165) is 41.8 Å². The number of hydrogen-bond donors (Lipinski definition) is 1. The minimum atomic E-state index is -0.0604. The van der Waals surface area contributed by atoms with E-state index in [-0.39, 0.29) is 30.4 Å². The summed E-state index contributed by atoms with van der Waals surface area (Å²) in [5.74, 6) is 1.66. The molecule has 1 aromatic heterocycles. The third kappa shape index (κ3) is 4.22. The van der Waals surface area contributed by atoms with E-state index in [4.69, 9.17) is 9.72 Å². The first-order valence-electron chi connectivity index (χ1n) is 10.5. The molecule has 1 N–H and O–H groups in total. The van der Waals surface area contributed by atoms with Gasteiger partial charge in [0.2, 0.25) is 5.91 Å². The first kappa shape index (κ1) is 20.1. The van der Waals surface area contributed by atoms with Crippen LogP contribution in [0.15, 0.2) is 42.5 Å². The largest absolute Gasteiger partial charge is 0.496 e. The maximum Gasteiger partial charge on any atom is 0.223 e. The number of carbonyl (C=O) groups excluding carboxylic acids is 2. The monoisotopic (exact) mass is 405 g/mol. The van der Waals surface area contributed by atoms with Crippen molar-refractivity contribution >= 4 is 22.7 Å². The Bertz CT molecular complexity index is 1040. The Morgan fingerprint density at radius 2 is 2.03 bits per heavy atom. The summed E-state index contributed by atoms with van der Waals surface area (Å²) in [6.07, 6.45) is 2.34. The molecule has 1 unspecified atom stereocenters. The van der Waals surface area contributed by atoms with Gasteiger partial charge in [-0.25, -0.2) is 4.98 Å². The number of piperidine rings is 1. The minimum Gasteiger partial charge on any atom is -0.496 e. The molecule has 1 fully saturated rings. The van der Waals surface area contributed by atoms with Gasteiger partial charge in [-0.15, -0.1) is 0 Å². The molecule has 2 aromatic carbocycles. The van der Waals surface area contributed by atoms with Crippen LogP contribution >= 0.6 is 0 Å². The number of ketones is 1. The predicted octanol–water partition coefficient (Wildman–Crippen LogP) is 4.25. The van der Waals surface area contributed by atoms with Crippen molar-refractivity contribution in [3.05, 3.63) is 59.4 Å². The maximum atomic E-state index is 12.8. The number of aromatic nitrogens is 2. The van der Waals surface area contributed by atoms with Crippen LogP contribution in [0, 0.1) is 6.92 Å². The van der Waals surface area contributed by atoms with Crippen molar-refractivity contribution < 1.29 is 14.3 Å². The van der Waals surface area contributed by atoms with E-state index in [9.17, 15) is 9.59 Å². The van der Waals surface area contributed by atoms with Crippen molar-refractivity contribution in [2.24, 2.45) is 0 Å². The fourth-order valence-corrected chi connectivity index (χ4v) is 4.15. The predicted molar refractivity (Wildman–Crippen MR) is 116 cm³/mol. The molecular formula is C24H27N3O3. The highest BCUT2D eigenvalue weighted by Gasteiger charge is 2.27. The number of benzene rings is 2. The zero-order valence-corrected chi connectivity index (χ0v) is 17.5. The van der Waals surface area contributed by atoms with E-state index >= 15 is 0 Å². The number of methoxy groups -OCH3 is 1. The van der Waals surface area contributed by atoms with Crippen LogP contribution in [0.3, 0.4) is 0 Å². The number of aryl methyl sites for hydroxylation is 1. The number of ether oxygens (including phenoxy) is 1. The number of nitrogens with zero attached hydrogens (tertiary/aromatic N) is 2. The standard InChI is InChI=1S/C24H27N3O3/c1-16-9-11-22(30-2)18(14-16)21(28)10-12-23(29)27-13-5-6-17(15-27)24-25-19-7-3-4-8-20(19)26-24/h3-4,7-9,11,14,17H,5-6,10,12-13,15H2,1-2H3,(H,25,26). The number of hydrogen-bond acceptors (Lipinski definition) is 4. The molecule has 0 radical (unpaired) electrons. The van der Waals surface area contributed by atoms with Crippen molar-refractivity contribution in [3.8, 4) is 5.75 Å². The van der Waals surface area contributed by atoms with Gasteiger partial charge in [-0.2, -0.15) is 0 Å². The van der Waals surface area contributed by atoms with Gasteiger partial charge in [-0.05, 0) is 44.0 Å². The summed E-state index contributed by atoms with van der Waals surface area (Å²) in [5.41, 5.74) is 3.52. The second kappa shape index (κ2) is 8.69. The number of Topliss-reactive ketones (excluding diaryl/α,β-unsaturated/α-hetero) is 1. The van der Waals surface area contributed by atoms with Gasteiger partial charge in [0, 0.05) is 31.8 Å². The fourth-order valence-electron chi connectivity index (χ4n) is 4.15. The molecule has 2 heterocycles. The zero-order chi connectivity index (χ0) is 21.1. The summed E-state index contributed by atoms with van der Waals surface area (Å²) >= 11 is 0. The Labute approximate surface area is 176 Å². The molecule has 1 atom stereocenters. The number of nitrogens with one attached hydrogen (secondary N) is 1. The molecule has 156 valence electrons. The number of H-pyrrole nitrogens is 1. The number of para-hydroxylation sites is 2. The Hall–Kier alpha value is -3.15. The molecule has 0 aliphatic carbocycles. The number of imidazole rings is 1. The Morgan fingerprint density at radius 1 is 1.20 bits per heavy atom. The Morgan fingerprint density at radius 3 is 2.83 bits per heavy atom. The average molecular weight is 405 g/mol. The van der Waals surface area contributed by atoms with Crippen LogP contribution in [0.4, 0.5) is 0 Å². The van der Waals surface area contributed by atoms with Crippen LogP contribution in [0.1, 0.15) is 53.3 Å². The van der Waals surface area contributed by atoms with E-state index in [2.05, 4.69) is 4.98 Å². The van der Waals surface area contributed by atoms with Crippen molar-refractivity contribution in [1.82, 2.24) is 14.9 Å². The number of amides is 1. The van der Waals surface area contributed by atoms with Crippen LogP contribution in [0.2, 0.25) is 0 Å². The van der Waals surface area contributed by atoms with Gasteiger partial charge in [0.05, 0.1) is 23.7 Å². The van der Waals surface area contributed by atoms with Crippen LogP contribution in [-0.2, 0) is 4.79 Å². The number of likely N-dealkylation sites (tertiary alicyclic amines) is 1. The molecule has 1 amide bonds. The second-order valence-corrected chi connectivity index (χ2v) is 7.95. The van der Waals surface area contributed by atoms with Crippen molar-refractivity contribution in [2.45, 2.75) is 38.5 Å². The highest BCUT2D eigenvalue weighted by molar-refractivity contribution is 6.00. The van der Waals surface area contributed by atoms with Gasteiger partial charge in [-0.1, -0.05) is 23.8 Å². The second-order valence-electron chi connectivity index (χ2n) is 7.95. The molecule has 3 aromatic rings. The number of aromatic amines is 1. The van der Waals surface area contributed by atoms with E-state index in [1.54, 1.807) is 13.2 Å². The fraction of sp³-hybridized carbons (Fsp3) is 0.375. The average Bonchev–Trinajstić information content (AvgIpc) is 3.21. The lowest BCUT2D eigenvalue weighted by Gasteiger charge is -2.32. The van der Waals surface area contributed by atoms with E-state index < -0.39 is 0 Å². The first-order chi connectivity index (χ1) is 14.5. The van der Waals surface area contributed by atoms with Gasteiger partial charge >= 0.3 is 0 Å². The summed E-state index contributed by atoms with van der Waals surface area (Å²) < 4.78 is 5.31. The van der Waals surface area contributed by atoms with Crippen LogP contribution in [-0.4, -0.2) is 46.8 Å². The first-order valence-corrected chi connectivity index (χ1v) is 10.5. The lowest BCUT2D eigenvalue weighted by Crippen LogP contribution is -2.39. The van der Waals surface area contributed by atoms with Gasteiger partial charge in [0.15, 0.2) is 5.78 Å². The molecule has 6 heteroatoms. The molecule has 1 saturated heterocycles. The molecule has 6 nitrogen and oxygen atoms in total. The minimum absolute atomic E-state index is 0.0239. The SMILES string of the molecule is COc1ccc(C)cc1C(=O)CCC(=O)N1CCCC(c2nc3ccccc3[nH]2)C1. The Kier molecular flexibility index (Phi) is 5.84. The van der Waals surface area contributed by atoms with E-state index in [1.807, 2.05) is 48.2 Å². The molecule has 0 bridgehead atoms. The topological polar surface area (TPSA) is 75.3 Å². The van der Waals surface area contributed by atoms with Gasteiger partial charge in [0.1, 0.15) is 11.6 Å². The molecule has 4 rings (SSSR count). The summed E-state index contributed by atoms with van der Waals surface area (Å²) in [7, 11) is 1.55. The van der Waals surface area contributed by atoms with E-state index in [0.29, 0.717) is 17.9 Å². The third-order valence-electron chi connectivity index (χ3n) is 5.79. The lowest BCUT2D eigenvalue weighted by molar-refractivity contribution is -0.132. The van der Waals surface area contributed by atoms with Crippen molar-refractivity contribution in [1.29, 1.82) is 0 Å². The van der Waals surface area contributed by atoms with Crippen LogP contribution in [0.25, 0.3) is 11.0 Å². The summed E-state index contributed by atoms with van der Waals surface area (Å²) in [4.78, 5) is 35.5. The Balaban J connectivity index is 1.39. The smallest absolute Gasteiger partial charge is 0.223 e. The van der Waals surface area contributed by atoms with E-state index in [1.165, 1.54) is 0 Å². The van der Waals surface area contributed by atoms with Crippen molar-refractivity contribution in [2.75, 3.05) is 20.2 Å². The van der Waals surface area contributed by atoms with Gasteiger partial charge in [0.25, 0.3) is 0 Å². The summed E-state index contributed by atoms with van der Waals surface area (Å²) in [6.45, 7) is 3.31. The van der Waals surface area contributed by atoms with Gasteiger partial charge < -0.3 is 14.6 Å². The normalized spacial score (nSPS) is 16.6. The van der Waals surface area contributed by atoms with Gasteiger partial charge in [-0.3, -0.25) is 9.59 Å². The molecule has 0 spiro atoms. The number of rotatable bonds is 6. The zero-order valence-electron chi connectivity index (χ0n) is 17.5. The molecule has 0 saturated carbocycles. The third-order valence-corrected chi connectivity index (χ3v) is 5.79. The molecule has 1 aliphatic rings. The number of fused-ring (bicyclic) bond motifs is 1. The summed E-state index contributed by atoms with van der Waals surface area (Å²) in [5, 5.41) is 0. The molecule has 30 heavy (non-hydrogen) atoms. The highest BCUT2D eigenvalue weighted by atomic mass is 16.5. The van der Waals surface area contributed by atoms with Crippen LogP contribution < -0.4 is 4.74 Å². The van der Waals surface area contributed by atoms with Crippen molar-refractivity contribution in [3.63, 3.8) is 0 Å². The summed E-state index contributed by atoms with van der Waals surface area (Å²) in [6, 6.07) is 13.5. The molecule has 1 aliphatic heterocycles. The number of carbonyl (C=O) groups is 2. The van der Waals surface area contributed by atoms with Crippen LogP contribution in [0.5, 0.6) is 5.75 Å².